The highest BCUT2D eigenvalue weighted by Crippen LogP contribution is 2.39. The summed E-state index contributed by atoms with van der Waals surface area (Å²) in [5.74, 6) is 0.403. The highest BCUT2D eigenvalue weighted by molar-refractivity contribution is 5.78. The first kappa shape index (κ1) is 17.9. The number of piperidine rings is 2. The van der Waals surface area contributed by atoms with Crippen molar-refractivity contribution in [3.05, 3.63) is 18.5 Å². The van der Waals surface area contributed by atoms with Gasteiger partial charge in [0.25, 0.3) is 0 Å². The Labute approximate surface area is 148 Å². The molecule has 0 radical (unpaired) electrons. The lowest BCUT2D eigenvalue weighted by Crippen LogP contribution is -2.55. The third-order valence-corrected chi connectivity index (χ3v) is 5.44. The van der Waals surface area contributed by atoms with Crippen LogP contribution in [0.15, 0.2) is 18.5 Å². The maximum Gasteiger partial charge on any atom is 0.224 e. The van der Waals surface area contributed by atoms with Crippen LogP contribution < -0.4 is 0 Å². The molecule has 2 saturated heterocycles. The average Bonchev–Trinajstić information content (AvgIpc) is 3.14. The third-order valence-electron chi connectivity index (χ3n) is 5.44. The molecule has 25 heavy (non-hydrogen) atoms. The normalized spacial score (nSPS) is 24.1. The lowest BCUT2D eigenvalue weighted by atomic mass is 9.73. The van der Waals surface area contributed by atoms with E-state index in [1.165, 1.54) is 0 Å². The maximum atomic E-state index is 12.6. The topological polar surface area (TPSA) is 67.7 Å². The smallest absolute Gasteiger partial charge is 0.224 e. The van der Waals surface area contributed by atoms with Gasteiger partial charge in [-0.05, 0) is 25.3 Å². The summed E-state index contributed by atoms with van der Waals surface area (Å²) in [7, 11) is 1.66. The van der Waals surface area contributed by atoms with Crippen molar-refractivity contribution < 1.29 is 14.3 Å². The minimum absolute atomic E-state index is 0.0568. The lowest BCUT2D eigenvalue weighted by Gasteiger charge is -2.48. The number of rotatable bonds is 6. The second kappa shape index (κ2) is 7.99. The summed E-state index contributed by atoms with van der Waals surface area (Å²) in [6, 6.07) is 1.87. The Morgan fingerprint density at radius 3 is 2.96 bits per heavy atom. The van der Waals surface area contributed by atoms with E-state index in [-0.39, 0.29) is 17.2 Å². The molecule has 0 unspecified atom stereocenters. The number of aryl methyl sites for hydroxylation is 1. The Kier molecular flexibility index (Phi) is 5.73. The molecule has 2 fully saturated rings. The van der Waals surface area contributed by atoms with Gasteiger partial charge in [0.05, 0.1) is 6.61 Å². The predicted molar refractivity (Wildman–Crippen MR) is 92.8 cm³/mol. The van der Waals surface area contributed by atoms with Crippen LogP contribution in [-0.4, -0.2) is 71.3 Å². The molecule has 3 heterocycles. The second-order valence-electron chi connectivity index (χ2n) is 7.25. The molecule has 2 aliphatic heterocycles. The van der Waals surface area contributed by atoms with E-state index in [0.29, 0.717) is 32.5 Å². The first-order valence-corrected chi connectivity index (χ1v) is 9.14. The van der Waals surface area contributed by atoms with E-state index < -0.39 is 0 Å². The quantitative estimate of drug-likeness (QED) is 0.773. The summed E-state index contributed by atoms with van der Waals surface area (Å²) in [5, 5.41) is 4.15. The van der Waals surface area contributed by atoms with Crippen LogP contribution in [0.25, 0.3) is 0 Å². The lowest BCUT2D eigenvalue weighted by molar-refractivity contribution is -0.143. The molecular formula is C18H28N4O3. The zero-order chi connectivity index (χ0) is 17.7. The van der Waals surface area contributed by atoms with Crippen molar-refractivity contribution in [2.24, 2.45) is 5.41 Å². The summed E-state index contributed by atoms with van der Waals surface area (Å²) in [6.45, 7) is 4.16. The number of methoxy groups -OCH3 is 1. The fourth-order valence-corrected chi connectivity index (χ4v) is 4.06. The Balaban J connectivity index is 1.57. The van der Waals surface area contributed by atoms with Crippen LogP contribution in [-0.2, 0) is 20.9 Å². The fourth-order valence-electron chi connectivity index (χ4n) is 4.06. The Morgan fingerprint density at radius 1 is 1.32 bits per heavy atom. The van der Waals surface area contributed by atoms with Gasteiger partial charge in [-0.15, -0.1) is 0 Å². The van der Waals surface area contributed by atoms with Gasteiger partial charge >= 0.3 is 0 Å². The number of nitrogens with zero attached hydrogens (tertiary/aromatic N) is 4. The molecule has 1 spiro atoms. The summed E-state index contributed by atoms with van der Waals surface area (Å²) in [4.78, 5) is 28.7. The van der Waals surface area contributed by atoms with Gasteiger partial charge < -0.3 is 14.5 Å². The standard InChI is InChI=1S/C18H28N4O3/c1-25-13-12-21-15-18(7-4-16(21)23)6-2-9-20(14-18)17(24)5-11-22-10-3-8-19-22/h3,8,10H,2,4-7,9,11-15H2,1H3/t18-/m1/s1. The molecule has 1 aromatic rings. The highest BCUT2D eigenvalue weighted by atomic mass is 16.5. The van der Waals surface area contributed by atoms with Crippen molar-refractivity contribution in [2.75, 3.05) is 39.9 Å². The van der Waals surface area contributed by atoms with Gasteiger partial charge in [0, 0.05) is 70.5 Å². The molecule has 0 N–H and O–H groups in total. The van der Waals surface area contributed by atoms with Crippen LogP contribution in [0.2, 0.25) is 0 Å². The number of likely N-dealkylation sites (tertiary alicyclic amines) is 2. The van der Waals surface area contributed by atoms with Crippen LogP contribution in [0, 0.1) is 5.41 Å². The van der Waals surface area contributed by atoms with E-state index in [2.05, 4.69) is 5.10 Å². The molecule has 0 saturated carbocycles. The zero-order valence-corrected chi connectivity index (χ0v) is 15.0. The minimum atomic E-state index is 0.0568. The number of carbonyl (C=O) groups excluding carboxylic acids is 2. The van der Waals surface area contributed by atoms with E-state index in [4.69, 9.17) is 4.74 Å². The molecule has 0 bridgehead atoms. The van der Waals surface area contributed by atoms with Crippen LogP contribution in [0.3, 0.4) is 0 Å². The minimum Gasteiger partial charge on any atom is -0.383 e. The summed E-state index contributed by atoms with van der Waals surface area (Å²) < 4.78 is 6.92. The van der Waals surface area contributed by atoms with Crippen molar-refractivity contribution in [1.82, 2.24) is 19.6 Å². The molecule has 1 atom stereocenters. The number of hydrogen-bond acceptors (Lipinski definition) is 4. The first-order valence-electron chi connectivity index (χ1n) is 9.14. The van der Waals surface area contributed by atoms with Crippen molar-refractivity contribution in [1.29, 1.82) is 0 Å². The van der Waals surface area contributed by atoms with E-state index in [0.717, 1.165) is 38.9 Å². The number of carbonyl (C=O) groups is 2. The van der Waals surface area contributed by atoms with Crippen molar-refractivity contribution in [3.8, 4) is 0 Å². The molecule has 3 rings (SSSR count). The predicted octanol–water partition coefficient (Wildman–Crippen LogP) is 1.15. The Bertz CT molecular complexity index is 589. The van der Waals surface area contributed by atoms with E-state index >= 15 is 0 Å². The molecule has 0 aliphatic carbocycles. The van der Waals surface area contributed by atoms with E-state index in [9.17, 15) is 9.59 Å². The zero-order valence-electron chi connectivity index (χ0n) is 15.0. The Hall–Kier alpha value is -1.89. The molecule has 138 valence electrons. The van der Waals surface area contributed by atoms with E-state index in [1.54, 1.807) is 18.0 Å². The van der Waals surface area contributed by atoms with Crippen molar-refractivity contribution >= 4 is 11.8 Å². The van der Waals surface area contributed by atoms with Gasteiger partial charge in [-0.2, -0.15) is 5.10 Å². The van der Waals surface area contributed by atoms with Gasteiger partial charge in [-0.3, -0.25) is 14.3 Å². The molecule has 7 nitrogen and oxygen atoms in total. The summed E-state index contributed by atoms with van der Waals surface area (Å²) >= 11 is 0. The molecule has 2 aliphatic rings. The van der Waals surface area contributed by atoms with Crippen LogP contribution in [0.4, 0.5) is 0 Å². The second-order valence-corrected chi connectivity index (χ2v) is 7.25. The average molecular weight is 348 g/mol. The first-order chi connectivity index (χ1) is 12.1. The largest absolute Gasteiger partial charge is 0.383 e. The number of amides is 2. The highest BCUT2D eigenvalue weighted by Gasteiger charge is 2.42. The van der Waals surface area contributed by atoms with Crippen LogP contribution in [0.1, 0.15) is 32.1 Å². The van der Waals surface area contributed by atoms with Crippen LogP contribution >= 0.6 is 0 Å². The monoisotopic (exact) mass is 348 g/mol. The number of hydrogen-bond donors (Lipinski definition) is 0. The van der Waals surface area contributed by atoms with Crippen molar-refractivity contribution in [3.63, 3.8) is 0 Å². The number of aromatic nitrogens is 2. The molecule has 2 amide bonds. The van der Waals surface area contributed by atoms with Gasteiger partial charge in [0.2, 0.25) is 11.8 Å². The van der Waals surface area contributed by atoms with Crippen molar-refractivity contribution in [2.45, 2.75) is 38.6 Å². The Morgan fingerprint density at radius 2 is 2.20 bits per heavy atom. The SMILES string of the molecule is COCCN1C[C@]2(CCCN(C(=O)CCn3cccn3)C2)CCC1=O. The molecule has 0 aromatic carbocycles. The van der Waals surface area contributed by atoms with Gasteiger partial charge in [0.15, 0.2) is 0 Å². The molecule has 1 aromatic heterocycles. The van der Waals surface area contributed by atoms with Gasteiger partial charge in [-0.25, -0.2) is 0 Å². The number of ether oxygens (including phenoxy) is 1. The summed E-state index contributed by atoms with van der Waals surface area (Å²) in [6.07, 6.45) is 7.66. The molecular weight excluding hydrogens is 320 g/mol. The van der Waals surface area contributed by atoms with Crippen LogP contribution in [0.5, 0.6) is 0 Å². The van der Waals surface area contributed by atoms with Gasteiger partial charge in [0.1, 0.15) is 0 Å². The maximum absolute atomic E-state index is 12.6. The van der Waals surface area contributed by atoms with Gasteiger partial charge in [-0.1, -0.05) is 0 Å². The summed E-state index contributed by atoms with van der Waals surface area (Å²) in [5.41, 5.74) is 0.0568. The third kappa shape index (κ3) is 4.39. The fraction of sp³-hybridized carbons (Fsp3) is 0.722. The van der Waals surface area contributed by atoms with E-state index in [1.807, 2.05) is 22.1 Å². The molecule has 7 heteroatoms.